The Morgan fingerprint density at radius 3 is 2.73 bits per heavy atom. The van der Waals surface area contributed by atoms with Crippen molar-refractivity contribution in [3.63, 3.8) is 0 Å². The van der Waals surface area contributed by atoms with E-state index in [0.717, 1.165) is 12.1 Å². The zero-order valence-corrected chi connectivity index (χ0v) is 7.54. The number of nitrogens with one attached hydrogen (secondary N) is 1. The molecule has 0 atom stereocenters. The molecule has 2 N–H and O–H groups in total. The van der Waals surface area contributed by atoms with Crippen LogP contribution < -0.4 is 0 Å². The minimum absolute atomic E-state index is 0.0901. The second-order valence-electron chi connectivity index (χ2n) is 2.89. The Morgan fingerprint density at radius 2 is 2.13 bits per heavy atom. The highest BCUT2D eigenvalue weighted by molar-refractivity contribution is 5.55. The van der Waals surface area contributed by atoms with E-state index in [0.29, 0.717) is 0 Å². The van der Waals surface area contributed by atoms with E-state index < -0.39 is 11.6 Å². The number of hydrogen-bond donors (Lipinski definition) is 2. The van der Waals surface area contributed by atoms with Crippen LogP contribution in [0.5, 0.6) is 0 Å². The van der Waals surface area contributed by atoms with Crippen LogP contribution in [0.2, 0.25) is 0 Å². The molecule has 0 aliphatic carbocycles. The highest BCUT2D eigenvalue weighted by Gasteiger charge is 2.10. The Bertz CT molecular complexity index is 484. The van der Waals surface area contributed by atoms with Crippen LogP contribution in [0.25, 0.3) is 11.4 Å². The molecule has 0 aliphatic heterocycles. The van der Waals surface area contributed by atoms with Crippen molar-refractivity contribution in [1.29, 1.82) is 0 Å². The number of aromatic nitrogens is 3. The summed E-state index contributed by atoms with van der Waals surface area (Å²) >= 11 is 0. The number of benzene rings is 1. The maximum absolute atomic E-state index is 13.3. The summed E-state index contributed by atoms with van der Waals surface area (Å²) in [6, 6.07) is 3.12. The molecule has 0 unspecified atom stereocenters. The molecule has 6 heteroatoms. The second kappa shape index (κ2) is 3.74. The second-order valence-corrected chi connectivity index (χ2v) is 2.89. The van der Waals surface area contributed by atoms with Crippen molar-refractivity contribution in [3.8, 4) is 11.4 Å². The van der Waals surface area contributed by atoms with Gasteiger partial charge in [0.2, 0.25) is 0 Å². The van der Waals surface area contributed by atoms with Gasteiger partial charge in [0.1, 0.15) is 18.2 Å². The standard InChI is InChI=1S/C9H7F2N3O/c10-5-1-2-6(7(11)3-5)9-12-8(4-15)13-14-9/h1-3,15H,4H2,(H,12,13,14). The Labute approximate surface area is 83.6 Å². The molecular weight excluding hydrogens is 204 g/mol. The van der Waals surface area contributed by atoms with Crippen molar-refractivity contribution in [2.24, 2.45) is 0 Å². The third-order valence-corrected chi connectivity index (χ3v) is 1.85. The van der Waals surface area contributed by atoms with Crippen LogP contribution in [0.1, 0.15) is 5.82 Å². The number of aromatic amines is 1. The lowest BCUT2D eigenvalue weighted by atomic mass is 10.2. The topological polar surface area (TPSA) is 61.8 Å². The van der Waals surface area contributed by atoms with Gasteiger partial charge < -0.3 is 5.11 Å². The maximum atomic E-state index is 13.3. The average Bonchev–Trinajstić information content (AvgIpc) is 2.66. The third-order valence-electron chi connectivity index (χ3n) is 1.85. The smallest absolute Gasteiger partial charge is 0.184 e. The summed E-state index contributed by atoms with van der Waals surface area (Å²) in [5, 5.41) is 14.8. The van der Waals surface area contributed by atoms with Gasteiger partial charge in [-0.15, -0.1) is 0 Å². The summed E-state index contributed by atoms with van der Waals surface area (Å²) < 4.78 is 25.9. The van der Waals surface area contributed by atoms with Gasteiger partial charge in [0, 0.05) is 6.07 Å². The van der Waals surface area contributed by atoms with E-state index in [-0.39, 0.29) is 23.8 Å². The van der Waals surface area contributed by atoms with Crippen molar-refractivity contribution in [3.05, 3.63) is 35.7 Å². The highest BCUT2D eigenvalue weighted by Crippen LogP contribution is 2.19. The lowest BCUT2D eigenvalue weighted by Gasteiger charge is -1.96. The molecule has 0 spiro atoms. The molecule has 15 heavy (non-hydrogen) atoms. The van der Waals surface area contributed by atoms with Crippen LogP contribution in [-0.4, -0.2) is 20.3 Å². The molecule has 78 valence electrons. The number of aliphatic hydroxyl groups is 1. The Balaban J connectivity index is 2.44. The van der Waals surface area contributed by atoms with Crippen LogP contribution in [-0.2, 0) is 6.61 Å². The summed E-state index contributed by atoms with van der Waals surface area (Å²) in [4.78, 5) is 3.81. The molecule has 0 saturated carbocycles. The fourth-order valence-electron chi connectivity index (χ4n) is 1.16. The first-order chi connectivity index (χ1) is 7.20. The van der Waals surface area contributed by atoms with E-state index in [4.69, 9.17) is 5.11 Å². The summed E-state index contributed by atoms with van der Waals surface area (Å²) in [5.41, 5.74) is 0.0901. The molecule has 0 saturated heterocycles. The van der Waals surface area contributed by atoms with Gasteiger partial charge in [0.05, 0.1) is 5.56 Å². The van der Waals surface area contributed by atoms with Gasteiger partial charge in [-0.25, -0.2) is 13.8 Å². The number of aliphatic hydroxyl groups excluding tert-OH is 1. The van der Waals surface area contributed by atoms with E-state index in [2.05, 4.69) is 15.2 Å². The summed E-state index contributed by atoms with van der Waals surface area (Å²) in [7, 11) is 0. The lowest BCUT2D eigenvalue weighted by Crippen LogP contribution is -1.88. The van der Waals surface area contributed by atoms with Crippen molar-refractivity contribution >= 4 is 0 Å². The van der Waals surface area contributed by atoms with Gasteiger partial charge in [-0.3, -0.25) is 5.10 Å². The van der Waals surface area contributed by atoms with Crippen LogP contribution >= 0.6 is 0 Å². The molecule has 0 fully saturated rings. The first-order valence-corrected chi connectivity index (χ1v) is 4.18. The van der Waals surface area contributed by atoms with Gasteiger partial charge in [-0.1, -0.05) is 0 Å². The molecule has 0 aliphatic rings. The van der Waals surface area contributed by atoms with E-state index in [1.165, 1.54) is 6.07 Å². The predicted octanol–water partition coefficient (Wildman–Crippen LogP) is 1.24. The van der Waals surface area contributed by atoms with E-state index in [1.54, 1.807) is 0 Å². The largest absolute Gasteiger partial charge is 0.388 e. The molecule has 0 amide bonds. The fraction of sp³-hybridized carbons (Fsp3) is 0.111. The Morgan fingerprint density at radius 1 is 1.33 bits per heavy atom. The molecular formula is C9H7F2N3O. The average molecular weight is 211 g/mol. The quantitative estimate of drug-likeness (QED) is 0.785. The van der Waals surface area contributed by atoms with Gasteiger partial charge >= 0.3 is 0 Å². The lowest BCUT2D eigenvalue weighted by molar-refractivity contribution is 0.272. The first kappa shape index (κ1) is 9.72. The zero-order valence-electron chi connectivity index (χ0n) is 7.54. The number of halogens is 2. The van der Waals surface area contributed by atoms with Crippen LogP contribution in [0, 0.1) is 11.6 Å². The first-order valence-electron chi connectivity index (χ1n) is 4.18. The molecule has 1 aromatic carbocycles. The van der Waals surface area contributed by atoms with Crippen LogP contribution in [0.3, 0.4) is 0 Å². The van der Waals surface area contributed by atoms with Crippen molar-refractivity contribution in [1.82, 2.24) is 15.2 Å². The van der Waals surface area contributed by atoms with Crippen LogP contribution in [0.15, 0.2) is 18.2 Å². The molecule has 0 radical (unpaired) electrons. The number of H-pyrrole nitrogens is 1. The fourth-order valence-corrected chi connectivity index (χ4v) is 1.16. The predicted molar refractivity (Wildman–Crippen MR) is 47.7 cm³/mol. The zero-order chi connectivity index (χ0) is 10.8. The minimum Gasteiger partial charge on any atom is -0.388 e. The maximum Gasteiger partial charge on any atom is 0.184 e. The van der Waals surface area contributed by atoms with Gasteiger partial charge in [0.25, 0.3) is 0 Å². The summed E-state index contributed by atoms with van der Waals surface area (Å²) in [6.45, 7) is -0.310. The van der Waals surface area contributed by atoms with Gasteiger partial charge in [-0.05, 0) is 12.1 Å². The molecule has 2 aromatic rings. The number of hydrogen-bond acceptors (Lipinski definition) is 3. The minimum atomic E-state index is -0.738. The molecule has 0 bridgehead atoms. The van der Waals surface area contributed by atoms with Crippen molar-refractivity contribution in [2.45, 2.75) is 6.61 Å². The monoisotopic (exact) mass is 211 g/mol. The molecule has 1 heterocycles. The van der Waals surface area contributed by atoms with E-state index >= 15 is 0 Å². The van der Waals surface area contributed by atoms with Gasteiger partial charge in [-0.2, -0.15) is 5.10 Å². The third kappa shape index (κ3) is 1.84. The van der Waals surface area contributed by atoms with Gasteiger partial charge in [0.15, 0.2) is 11.6 Å². The summed E-state index contributed by atoms with van der Waals surface area (Å²) in [5.74, 6) is -1.07. The molecule has 2 rings (SSSR count). The normalized spacial score (nSPS) is 10.6. The summed E-state index contributed by atoms with van der Waals surface area (Å²) in [6.07, 6.45) is 0. The Hall–Kier alpha value is -1.82. The van der Waals surface area contributed by atoms with E-state index in [1.807, 2.05) is 0 Å². The molecule has 4 nitrogen and oxygen atoms in total. The van der Waals surface area contributed by atoms with Crippen molar-refractivity contribution in [2.75, 3.05) is 0 Å². The number of nitrogens with zero attached hydrogens (tertiary/aromatic N) is 2. The Kier molecular flexibility index (Phi) is 2.42. The van der Waals surface area contributed by atoms with Crippen LogP contribution in [0.4, 0.5) is 8.78 Å². The van der Waals surface area contributed by atoms with Crippen molar-refractivity contribution < 1.29 is 13.9 Å². The number of rotatable bonds is 2. The highest BCUT2D eigenvalue weighted by atomic mass is 19.1. The van der Waals surface area contributed by atoms with E-state index in [9.17, 15) is 8.78 Å². The molecule has 1 aromatic heterocycles. The SMILES string of the molecule is OCc1nc(-c2ccc(F)cc2F)n[nH]1.